The van der Waals surface area contributed by atoms with Gasteiger partial charge in [0.2, 0.25) is 0 Å². The lowest BCUT2D eigenvalue weighted by molar-refractivity contribution is 0.528. The van der Waals surface area contributed by atoms with Gasteiger partial charge in [0.25, 0.3) is 0 Å². The SMILES string of the molecule is CCNC(Cc1ccc(Cl)cc1F)c1cccc(Cl)c1. The van der Waals surface area contributed by atoms with Crippen molar-refractivity contribution in [2.45, 2.75) is 19.4 Å². The molecule has 0 fully saturated rings. The van der Waals surface area contributed by atoms with Crippen LogP contribution in [0.4, 0.5) is 4.39 Å². The number of likely N-dealkylation sites (N-methyl/N-ethyl adjacent to an activating group) is 1. The first kappa shape index (κ1) is 15.3. The molecule has 0 saturated carbocycles. The summed E-state index contributed by atoms with van der Waals surface area (Å²) in [5.74, 6) is -0.276. The zero-order chi connectivity index (χ0) is 14.5. The van der Waals surface area contributed by atoms with Crippen molar-refractivity contribution >= 4 is 23.2 Å². The van der Waals surface area contributed by atoms with Gasteiger partial charge in [0, 0.05) is 16.1 Å². The van der Waals surface area contributed by atoms with Crippen LogP contribution in [0.15, 0.2) is 42.5 Å². The van der Waals surface area contributed by atoms with E-state index in [2.05, 4.69) is 5.32 Å². The summed E-state index contributed by atoms with van der Waals surface area (Å²) in [6.45, 7) is 2.82. The van der Waals surface area contributed by atoms with Gasteiger partial charge in [-0.15, -0.1) is 0 Å². The second-order valence-corrected chi connectivity index (χ2v) is 5.48. The molecule has 0 bridgehead atoms. The van der Waals surface area contributed by atoms with E-state index in [0.717, 1.165) is 12.1 Å². The van der Waals surface area contributed by atoms with Gasteiger partial charge >= 0.3 is 0 Å². The molecular formula is C16H16Cl2FN. The zero-order valence-electron chi connectivity index (χ0n) is 11.2. The monoisotopic (exact) mass is 311 g/mol. The third kappa shape index (κ3) is 3.95. The van der Waals surface area contributed by atoms with E-state index in [4.69, 9.17) is 23.2 Å². The van der Waals surface area contributed by atoms with E-state index < -0.39 is 0 Å². The van der Waals surface area contributed by atoms with Crippen LogP contribution in [0.3, 0.4) is 0 Å². The lowest BCUT2D eigenvalue weighted by atomic mass is 9.98. The molecule has 0 aromatic heterocycles. The molecule has 0 aliphatic carbocycles. The fourth-order valence-electron chi connectivity index (χ4n) is 2.18. The van der Waals surface area contributed by atoms with E-state index in [9.17, 15) is 4.39 Å². The van der Waals surface area contributed by atoms with Gasteiger partial charge in [0.15, 0.2) is 0 Å². The fourth-order valence-corrected chi connectivity index (χ4v) is 2.54. The fraction of sp³-hybridized carbons (Fsp3) is 0.250. The van der Waals surface area contributed by atoms with E-state index in [1.165, 1.54) is 6.07 Å². The molecular weight excluding hydrogens is 296 g/mol. The Balaban J connectivity index is 2.25. The summed E-state index contributed by atoms with van der Waals surface area (Å²) in [4.78, 5) is 0. The first-order chi connectivity index (χ1) is 9.60. The molecule has 2 aromatic rings. The number of benzene rings is 2. The van der Waals surface area contributed by atoms with Gasteiger partial charge in [0.05, 0.1) is 0 Å². The second-order valence-electron chi connectivity index (χ2n) is 4.61. The quantitative estimate of drug-likeness (QED) is 0.817. The number of hydrogen-bond donors (Lipinski definition) is 1. The van der Waals surface area contributed by atoms with Gasteiger partial charge in [-0.2, -0.15) is 0 Å². The summed E-state index contributed by atoms with van der Waals surface area (Å²) in [7, 11) is 0. The van der Waals surface area contributed by atoms with Crippen LogP contribution in [0.5, 0.6) is 0 Å². The Hall–Kier alpha value is -1.09. The van der Waals surface area contributed by atoms with Gasteiger partial charge in [-0.1, -0.05) is 48.3 Å². The summed E-state index contributed by atoms with van der Waals surface area (Å²) in [5, 5.41) is 4.45. The highest BCUT2D eigenvalue weighted by Gasteiger charge is 2.14. The molecule has 0 heterocycles. The molecule has 2 rings (SSSR count). The normalized spacial score (nSPS) is 12.4. The third-order valence-electron chi connectivity index (χ3n) is 3.14. The highest BCUT2D eigenvalue weighted by atomic mass is 35.5. The topological polar surface area (TPSA) is 12.0 Å². The molecule has 0 aliphatic rings. The number of nitrogens with one attached hydrogen (secondary N) is 1. The minimum absolute atomic E-state index is 0.0226. The summed E-state index contributed by atoms with van der Waals surface area (Å²) in [5.41, 5.74) is 1.69. The minimum atomic E-state index is -0.276. The van der Waals surface area contributed by atoms with E-state index in [-0.39, 0.29) is 11.9 Å². The molecule has 4 heteroatoms. The standard InChI is InChI=1S/C16H16Cl2FN/c1-2-20-16(12-4-3-5-13(17)8-12)9-11-6-7-14(18)10-15(11)19/h3-8,10,16,20H,2,9H2,1H3. The molecule has 106 valence electrons. The average molecular weight is 312 g/mol. The maximum atomic E-state index is 13.9. The Morgan fingerprint density at radius 2 is 1.85 bits per heavy atom. The van der Waals surface area contributed by atoms with Gasteiger partial charge in [0.1, 0.15) is 5.82 Å². The van der Waals surface area contributed by atoms with Crippen LogP contribution in [0.1, 0.15) is 24.1 Å². The van der Waals surface area contributed by atoms with Crippen LogP contribution in [0, 0.1) is 5.82 Å². The van der Waals surface area contributed by atoms with Crippen molar-refractivity contribution in [2.24, 2.45) is 0 Å². The van der Waals surface area contributed by atoms with Crippen molar-refractivity contribution in [1.82, 2.24) is 5.32 Å². The number of hydrogen-bond acceptors (Lipinski definition) is 1. The highest BCUT2D eigenvalue weighted by molar-refractivity contribution is 6.30. The van der Waals surface area contributed by atoms with E-state index in [0.29, 0.717) is 22.0 Å². The lowest BCUT2D eigenvalue weighted by Gasteiger charge is -2.19. The second kappa shape index (κ2) is 7.07. The smallest absolute Gasteiger partial charge is 0.127 e. The average Bonchev–Trinajstić information content (AvgIpc) is 2.41. The van der Waals surface area contributed by atoms with Crippen molar-refractivity contribution < 1.29 is 4.39 Å². The molecule has 1 nitrogen and oxygen atoms in total. The molecule has 1 unspecified atom stereocenters. The molecule has 0 radical (unpaired) electrons. The summed E-state index contributed by atoms with van der Waals surface area (Å²) < 4.78 is 13.9. The van der Waals surface area contributed by atoms with E-state index in [1.54, 1.807) is 12.1 Å². The van der Waals surface area contributed by atoms with Crippen LogP contribution < -0.4 is 5.32 Å². The number of halogens is 3. The van der Waals surface area contributed by atoms with E-state index in [1.807, 2.05) is 31.2 Å². The largest absolute Gasteiger partial charge is 0.310 e. The Bertz CT molecular complexity index is 586. The van der Waals surface area contributed by atoms with E-state index >= 15 is 0 Å². The van der Waals surface area contributed by atoms with Crippen molar-refractivity contribution in [3.05, 3.63) is 69.5 Å². The van der Waals surface area contributed by atoms with Crippen molar-refractivity contribution in [3.63, 3.8) is 0 Å². The predicted octanol–water partition coefficient (Wildman–Crippen LogP) is 5.03. The summed E-state index contributed by atoms with van der Waals surface area (Å²) in [6, 6.07) is 12.4. The van der Waals surface area contributed by atoms with Crippen LogP contribution >= 0.6 is 23.2 Å². The molecule has 1 N–H and O–H groups in total. The first-order valence-electron chi connectivity index (χ1n) is 6.53. The maximum absolute atomic E-state index is 13.9. The highest BCUT2D eigenvalue weighted by Crippen LogP contribution is 2.24. The molecule has 0 saturated heterocycles. The van der Waals surface area contributed by atoms with Gasteiger partial charge in [-0.25, -0.2) is 4.39 Å². The van der Waals surface area contributed by atoms with Gasteiger partial charge in [-0.05, 0) is 48.4 Å². The lowest BCUT2D eigenvalue weighted by Crippen LogP contribution is -2.23. The Labute approximate surface area is 128 Å². The summed E-state index contributed by atoms with van der Waals surface area (Å²) in [6.07, 6.45) is 0.553. The Morgan fingerprint density at radius 1 is 1.10 bits per heavy atom. The third-order valence-corrected chi connectivity index (χ3v) is 3.61. The molecule has 20 heavy (non-hydrogen) atoms. The molecule has 1 atom stereocenters. The maximum Gasteiger partial charge on any atom is 0.127 e. The number of rotatable bonds is 5. The Kier molecular flexibility index (Phi) is 5.41. The molecule has 0 amide bonds. The van der Waals surface area contributed by atoms with Crippen molar-refractivity contribution in [2.75, 3.05) is 6.54 Å². The van der Waals surface area contributed by atoms with Crippen LogP contribution in [0.2, 0.25) is 10.0 Å². The van der Waals surface area contributed by atoms with Gasteiger partial charge in [-0.3, -0.25) is 0 Å². The minimum Gasteiger partial charge on any atom is -0.310 e. The van der Waals surface area contributed by atoms with Gasteiger partial charge < -0.3 is 5.32 Å². The van der Waals surface area contributed by atoms with Crippen LogP contribution in [-0.2, 0) is 6.42 Å². The molecule has 0 aliphatic heterocycles. The van der Waals surface area contributed by atoms with Crippen molar-refractivity contribution in [1.29, 1.82) is 0 Å². The first-order valence-corrected chi connectivity index (χ1v) is 7.28. The van der Waals surface area contributed by atoms with Crippen molar-refractivity contribution in [3.8, 4) is 0 Å². The Morgan fingerprint density at radius 3 is 2.50 bits per heavy atom. The predicted molar refractivity (Wildman–Crippen MR) is 83.0 cm³/mol. The zero-order valence-corrected chi connectivity index (χ0v) is 12.7. The van der Waals surface area contributed by atoms with Crippen LogP contribution in [0.25, 0.3) is 0 Å². The molecule has 2 aromatic carbocycles. The van der Waals surface area contributed by atoms with Crippen LogP contribution in [-0.4, -0.2) is 6.54 Å². The summed E-state index contributed by atoms with van der Waals surface area (Å²) >= 11 is 11.8. The molecule has 0 spiro atoms.